The predicted molar refractivity (Wildman–Crippen MR) is 164 cm³/mol. The highest BCUT2D eigenvalue weighted by Crippen LogP contribution is 2.63. The lowest BCUT2D eigenvalue weighted by atomic mass is 9.45. The maximum absolute atomic E-state index is 14.3. The highest BCUT2D eigenvalue weighted by Gasteiger charge is 2.76. The van der Waals surface area contributed by atoms with E-state index in [0.29, 0.717) is 5.02 Å². The number of esters is 2. The molecular weight excluding hydrogens is 638 g/mol. The Bertz CT molecular complexity index is 1510. The highest BCUT2D eigenvalue weighted by atomic mass is 35.5. The number of ketones is 1. The lowest BCUT2D eigenvalue weighted by Crippen LogP contribution is -2.81. The van der Waals surface area contributed by atoms with E-state index in [-0.39, 0.29) is 29.7 Å². The van der Waals surface area contributed by atoms with Crippen LogP contribution in [0.4, 0.5) is 0 Å². The third-order valence-electron chi connectivity index (χ3n) is 11.1. The Kier molecular flexibility index (Phi) is 8.96. The molecule has 0 aromatic heterocycles. The van der Waals surface area contributed by atoms with Crippen LogP contribution in [-0.2, 0) is 28.6 Å². The molecule has 1 aromatic carbocycles. The minimum Gasteiger partial charge on any atom is -0.459 e. The Balaban J connectivity index is 1.53. The molecule has 11 atom stereocenters. The topological polar surface area (TPSA) is 209 Å². The van der Waals surface area contributed by atoms with E-state index in [2.05, 4.69) is 5.32 Å². The van der Waals surface area contributed by atoms with Gasteiger partial charge in [0.25, 0.3) is 5.91 Å². The first-order chi connectivity index (χ1) is 21.7. The van der Waals surface area contributed by atoms with Crippen molar-refractivity contribution >= 4 is 35.2 Å². The molecule has 1 aromatic rings. The number of amides is 1. The molecule has 1 amide bonds. The fraction of sp³-hybridized carbons (Fsp3) is 0.636. The molecule has 3 aliphatic carbocycles. The van der Waals surface area contributed by atoms with Gasteiger partial charge >= 0.3 is 11.9 Å². The van der Waals surface area contributed by atoms with Crippen LogP contribution >= 0.6 is 11.6 Å². The summed E-state index contributed by atoms with van der Waals surface area (Å²) in [7, 11) is 0. The predicted octanol–water partition coefficient (Wildman–Crippen LogP) is 0.601. The van der Waals surface area contributed by atoms with Crippen LogP contribution in [-0.4, -0.2) is 110 Å². The van der Waals surface area contributed by atoms with Crippen molar-refractivity contribution in [1.29, 1.82) is 0 Å². The molecule has 2 bridgehead atoms. The normalized spacial score (nSPS) is 38.8. The van der Waals surface area contributed by atoms with Crippen molar-refractivity contribution in [3.05, 3.63) is 46.0 Å². The van der Waals surface area contributed by atoms with E-state index in [0.717, 1.165) is 6.92 Å². The molecule has 258 valence electrons. The Morgan fingerprint density at radius 1 is 1.09 bits per heavy atom. The van der Waals surface area contributed by atoms with E-state index >= 15 is 0 Å². The van der Waals surface area contributed by atoms with Gasteiger partial charge in [0.15, 0.2) is 11.9 Å². The molecule has 47 heavy (non-hydrogen) atoms. The van der Waals surface area contributed by atoms with Gasteiger partial charge in [0, 0.05) is 41.7 Å². The minimum absolute atomic E-state index is 0.0179. The number of carbonyl (C=O) groups excluding carboxylic acids is 4. The molecule has 5 rings (SSSR count). The molecule has 0 unspecified atom stereocenters. The van der Waals surface area contributed by atoms with Crippen LogP contribution in [0.25, 0.3) is 0 Å². The van der Waals surface area contributed by atoms with Gasteiger partial charge in [0.2, 0.25) is 0 Å². The summed E-state index contributed by atoms with van der Waals surface area (Å²) in [5, 5.41) is 61.5. The molecular formula is C33H42ClNO12. The van der Waals surface area contributed by atoms with Gasteiger partial charge in [-0.15, -0.1) is 0 Å². The number of aliphatic hydroxyl groups excluding tert-OH is 3. The first-order valence-electron chi connectivity index (χ1n) is 15.5. The average molecular weight is 680 g/mol. The summed E-state index contributed by atoms with van der Waals surface area (Å²) in [6.45, 7) is 8.16. The maximum atomic E-state index is 14.3. The molecule has 3 fully saturated rings. The van der Waals surface area contributed by atoms with Crippen molar-refractivity contribution in [2.75, 3.05) is 6.61 Å². The quantitative estimate of drug-likeness (QED) is 0.180. The van der Waals surface area contributed by atoms with Crippen LogP contribution in [0.5, 0.6) is 0 Å². The minimum atomic E-state index is -2.21. The van der Waals surface area contributed by atoms with E-state index < -0.39 is 101 Å². The largest absolute Gasteiger partial charge is 0.459 e. The Morgan fingerprint density at radius 2 is 1.70 bits per heavy atom. The summed E-state index contributed by atoms with van der Waals surface area (Å²) in [5.74, 6) is -4.93. The van der Waals surface area contributed by atoms with Crippen molar-refractivity contribution in [1.82, 2.24) is 5.32 Å². The first-order valence-corrected chi connectivity index (χ1v) is 15.9. The van der Waals surface area contributed by atoms with Crippen LogP contribution in [0.2, 0.25) is 5.02 Å². The summed E-state index contributed by atoms with van der Waals surface area (Å²) < 4.78 is 17.0. The van der Waals surface area contributed by atoms with Gasteiger partial charge in [0.1, 0.15) is 29.5 Å². The summed E-state index contributed by atoms with van der Waals surface area (Å²) in [6.07, 6.45) is -9.79. The Morgan fingerprint density at radius 3 is 2.26 bits per heavy atom. The Labute approximate surface area is 276 Å². The summed E-state index contributed by atoms with van der Waals surface area (Å²) >= 11 is 5.88. The lowest BCUT2D eigenvalue weighted by Gasteiger charge is -2.66. The molecule has 1 heterocycles. The van der Waals surface area contributed by atoms with Crippen LogP contribution in [0.1, 0.15) is 64.7 Å². The second-order valence-electron chi connectivity index (χ2n) is 14.1. The van der Waals surface area contributed by atoms with Gasteiger partial charge in [-0.2, -0.15) is 0 Å². The molecule has 4 aliphatic rings. The van der Waals surface area contributed by atoms with Crippen molar-refractivity contribution in [3.63, 3.8) is 0 Å². The molecule has 1 aliphatic heterocycles. The first kappa shape index (κ1) is 35.4. The SMILES string of the molecule is CC(=O)O[C@H]1[C@@H]2[C@]3(O)CO[C@@H]3C[C@H](O)[C@@]2(C)C(=O)[C@H](O)C2=C(C)[C@@H](OC(=O)[C@H](O)[C@H](C)NC(=O)c3ccc(Cl)cc3)C[C@]1(O)C2(C)C. The molecule has 6 N–H and O–H groups in total. The second-order valence-corrected chi connectivity index (χ2v) is 14.5. The lowest BCUT2D eigenvalue weighted by molar-refractivity contribution is -0.345. The van der Waals surface area contributed by atoms with E-state index in [9.17, 15) is 44.7 Å². The molecule has 2 saturated carbocycles. The zero-order valence-corrected chi connectivity index (χ0v) is 27.8. The second kappa shape index (κ2) is 11.9. The zero-order valence-electron chi connectivity index (χ0n) is 27.0. The van der Waals surface area contributed by atoms with Crippen LogP contribution in [0, 0.1) is 16.7 Å². The number of Topliss-reactive ketones (excluding diaryl/α,β-unsaturated/α-hetero) is 1. The standard InChI is InChI=1S/C33H42ClNO12/c1-14-19(47-29(42)23(38)15(2)35-28(41)17-7-9-18(34)10-8-17)12-33(44)27(46-16(3)36)25-31(6,20(37)11-21-32(25,43)13-45-21)26(40)24(39)22(14)30(33,4)5/h7-10,15,19-21,23-25,27,37-39,43-44H,11-13H2,1-6H3,(H,35,41)/t15-,19-,20-,21+,23+,24+,25-,27-,31+,32-,33+/m0/s1. The van der Waals surface area contributed by atoms with Crippen LogP contribution in [0.3, 0.4) is 0 Å². The summed E-state index contributed by atoms with van der Waals surface area (Å²) in [5.41, 5.74) is -7.04. The molecule has 13 nitrogen and oxygen atoms in total. The number of hydrogen-bond donors (Lipinski definition) is 6. The number of hydrogen-bond acceptors (Lipinski definition) is 12. The number of fused-ring (bicyclic) bond motifs is 5. The van der Waals surface area contributed by atoms with Gasteiger partial charge in [-0.05, 0) is 56.2 Å². The van der Waals surface area contributed by atoms with E-state index in [1.54, 1.807) is 13.8 Å². The zero-order chi connectivity index (χ0) is 35.0. The third kappa shape index (κ3) is 5.31. The van der Waals surface area contributed by atoms with Crippen molar-refractivity contribution < 1.29 is 58.9 Å². The van der Waals surface area contributed by atoms with Gasteiger partial charge < -0.3 is 45.1 Å². The summed E-state index contributed by atoms with van der Waals surface area (Å²) in [6, 6.07) is 4.82. The molecule has 0 spiro atoms. The number of ether oxygens (including phenoxy) is 3. The Hall–Kier alpha value is -2.91. The fourth-order valence-electron chi connectivity index (χ4n) is 8.18. The van der Waals surface area contributed by atoms with Gasteiger partial charge in [0.05, 0.1) is 30.3 Å². The number of benzene rings is 1. The summed E-state index contributed by atoms with van der Waals surface area (Å²) in [4.78, 5) is 52.9. The van der Waals surface area contributed by atoms with Crippen molar-refractivity contribution in [3.8, 4) is 0 Å². The van der Waals surface area contributed by atoms with Crippen LogP contribution in [0.15, 0.2) is 35.4 Å². The number of rotatable bonds is 6. The van der Waals surface area contributed by atoms with Gasteiger partial charge in [-0.25, -0.2) is 4.79 Å². The van der Waals surface area contributed by atoms with Crippen molar-refractivity contribution in [2.45, 2.75) is 108 Å². The average Bonchev–Trinajstić information content (AvgIpc) is 2.99. The molecule has 1 saturated heterocycles. The van der Waals surface area contributed by atoms with Gasteiger partial charge in [-0.1, -0.05) is 25.4 Å². The number of aliphatic hydroxyl groups is 5. The maximum Gasteiger partial charge on any atom is 0.337 e. The fourth-order valence-corrected chi connectivity index (χ4v) is 8.31. The monoisotopic (exact) mass is 679 g/mol. The third-order valence-corrected chi connectivity index (χ3v) is 11.4. The van der Waals surface area contributed by atoms with E-state index in [1.165, 1.54) is 45.0 Å². The number of halogens is 1. The smallest absolute Gasteiger partial charge is 0.337 e. The molecule has 14 heteroatoms. The molecule has 0 radical (unpaired) electrons. The van der Waals surface area contributed by atoms with Crippen molar-refractivity contribution in [2.24, 2.45) is 16.7 Å². The van der Waals surface area contributed by atoms with Crippen LogP contribution < -0.4 is 5.32 Å². The number of nitrogens with one attached hydrogen (secondary N) is 1. The highest BCUT2D eigenvalue weighted by molar-refractivity contribution is 6.30. The number of carbonyl (C=O) groups is 4. The van der Waals surface area contributed by atoms with E-state index in [1.807, 2.05) is 0 Å². The van der Waals surface area contributed by atoms with E-state index in [4.69, 9.17) is 25.8 Å². The van der Waals surface area contributed by atoms with Gasteiger partial charge in [-0.3, -0.25) is 14.4 Å².